The third-order valence-electron chi connectivity index (χ3n) is 1.69. The van der Waals surface area contributed by atoms with Gasteiger partial charge in [-0.15, -0.1) is 0 Å². The molecule has 72 valence electrons. The van der Waals surface area contributed by atoms with Crippen LogP contribution in [0.2, 0.25) is 0 Å². The quantitative estimate of drug-likeness (QED) is 0.418. The molecule has 0 heterocycles. The molecule has 0 bridgehead atoms. The number of ketones is 1. The molecule has 0 aromatic heterocycles. The van der Waals surface area contributed by atoms with Crippen molar-refractivity contribution in [3.05, 3.63) is 29.3 Å². The summed E-state index contributed by atoms with van der Waals surface area (Å²) in [5.74, 6) is 5.89. The van der Waals surface area contributed by atoms with Crippen LogP contribution in [0.15, 0.2) is 18.2 Å². The van der Waals surface area contributed by atoms with Crippen LogP contribution >= 0.6 is 12.6 Å². The first-order valence-electron chi connectivity index (χ1n) is 4.09. The van der Waals surface area contributed by atoms with E-state index in [9.17, 15) is 9.90 Å². The average Bonchev–Trinajstić information content (AvgIpc) is 2.16. The molecule has 0 saturated heterocycles. The molecule has 14 heavy (non-hydrogen) atoms. The number of carbonyl (C=O) groups excluding carboxylic acids is 1. The normalized spacial score (nSPS) is 9.00. The minimum Gasteiger partial charge on any atom is -0.507 e. The Kier molecular flexibility index (Phi) is 3.61. The Morgan fingerprint density at radius 3 is 2.86 bits per heavy atom. The van der Waals surface area contributed by atoms with Crippen LogP contribution in [0.4, 0.5) is 0 Å². The first-order valence-corrected chi connectivity index (χ1v) is 4.72. The van der Waals surface area contributed by atoms with Crippen LogP contribution in [-0.4, -0.2) is 16.6 Å². The van der Waals surface area contributed by atoms with Crippen LogP contribution in [0, 0.1) is 11.8 Å². The Labute approximate surface area is 88.4 Å². The van der Waals surface area contributed by atoms with Crippen molar-refractivity contribution in [2.75, 3.05) is 5.75 Å². The Balaban J connectivity index is 3.13. The highest BCUT2D eigenvalue weighted by atomic mass is 32.1. The monoisotopic (exact) mass is 206 g/mol. The predicted octanol–water partition coefficient (Wildman–Crippen LogP) is 1.88. The Hall–Kier alpha value is -1.40. The van der Waals surface area contributed by atoms with Crippen LogP contribution in [0.25, 0.3) is 0 Å². The van der Waals surface area contributed by atoms with E-state index in [1.54, 1.807) is 12.1 Å². The van der Waals surface area contributed by atoms with Gasteiger partial charge in [0.05, 0.1) is 11.3 Å². The fourth-order valence-corrected chi connectivity index (χ4v) is 1.12. The van der Waals surface area contributed by atoms with E-state index in [1.165, 1.54) is 13.0 Å². The number of hydrogen-bond acceptors (Lipinski definition) is 3. The van der Waals surface area contributed by atoms with Gasteiger partial charge in [0.15, 0.2) is 5.78 Å². The van der Waals surface area contributed by atoms with E-state index in [0.717, 1.165) is 0 Å². The molecule has 1 aromatic carbocycles. The van der Waals surface area contributed by atoms with Crippen molar-refractivity contribution in [3.8, 4) is 17.6 Å². The molecule has 0 fully saturated rings. The minimum atomic E-state index is -0.169. The minimum absolute atomic E-state index is 0.00563. The number of Topliss-reactive ketones (excluding diaryl/α,β-unsaturated/α-hetero) is 1. The maximum atomic E-state index is 11.1. The maximum absolute atomic E-state index is 11.1. The van der Waals surface area contributed by atoms with Gasteiger partial charge in [-0.1, -0.05) is 11.8 Å². The summed E-state index contributed by atoms with van der Waals surface area (Å²) in [6.45, 7) is 1.41. The van der Waals surface area contributed by atoms with Crippen LogP contribution in [0.5, 0.6) is 5.75 Å². The number of benzene rings is 1. The van der Waals surface area contributed by atoms with Crippen molar-refractivity contribution < 1.29 is 9.90 Å². The molecule has 1 N–H and O–H groups in total. The molecule has 0 atom stereocenters. The fourth-order valence-electron chi connectivity index (χ4n) is 1.04. The zero-order chi connectivity index (χ0) is 10.6. The van der Waals surface area contributed by atoms with Crippen molar-refractivity contribution >= 4 is 18.4 Å². The molecule has 0 amide bonds. The molecular formula is C11H10O2S. The van der Waals surface area contributed by atoms with Crippen molar-refractivity contribution in [3.63, 3.8) is 0 Å². The molecule has 1 aromatic rings. The Morgan fingerprint density at radius 2 is 2.29 bits per heavy atom. The lowest BCUT2D eigenvalue weighted by Crippen LogP contribution is -1.93. The molecular weight excluding hydrogens is 196 g/mol. The summed E-state index contributed by atoms with van der Waals surface area (Å²) in [6, 6.07) is 4.71. The lowest BCUT2D eigenvalue weighted by atomic mass is 10.1. The average molecular weight is 206 g/mol. The smallest absolute Gasteiger partial charge is 0.163 e. The van der Waals surface area contributed by atoms with Gasteiger partial charge in [0.25, 0.3) is 0 Å². The van der Waals surface area contributed by atoms with Gasteiger partial charge in [0.2, 0.25) is 0 Å². The highest BCUT2D eigenvalue weighted by molar-refractivity contribution is 7.80. The van der Waals surface area contributed by atoms with E-state index in [2.05, 4.69) is 24.5 Å². The number of phenols is 1. The van der Waals surface area contributed by atoms with Gasteiger partial charge in [0.1, 0.15) is 5.75 Å². The summed E-state index contributed by atoms with van der Waals surface area (Å²) in [7, 11) is 0. The molecule has 0 radical (unpaired) electrons. The van der Waals surface area contributed by atoms with E-state index in [1.807, 2.05) is 0 Å². The molecule has 3 heteroatoms. The largest absolute Gasteiger partial charge is 0.507 e. The summed E-state index contributed by atoms with van der Waals surface area (Å²) in [6.07, 6.45) is 0. The molecule has 0 saturated carbocycles. The van der Waals surface area contributed by atoms with E-state index in [0.29, 0.717) is 16.9 Å². The summed E-state index contributed by atoms with van der Waals surface area (Å²) < 4.78 is 0. The van der Waals surface area contributed by atoms with Crippen molar-refractivity contribution in [2.24, 2.45) is 0 Å². The number of carbonyl (C=O) groups is 1. The van der Waals surface area contributed by atoms with Crippen LogP contribution < -0.4 is 0 Å². The second kappa shape index (κ2) is 4.73. The molecule has 0 aliphatic heterocycles. The van der Waals surface area contributed by atoms with Crippen LogP contribution in [0.1, 0.15) is 22.8 Å². The second-order valence-electron chi connectivity index (χ2n) is 2.75. The number of thiol groups is 1. The first kappa shape index (κ1) is 10.7. The van der Waals surface area contributed by atoms with Crippen LogP contribution in [-0.2, 0) is 0 Å². The Bertz CT molecular complexity index is 413. The highest BCUT2D eigenvalue weighted by Crippen LogP contribution is 2.18. The molecule has 2 nitrogen and oxygen atoms in total. The molecule has 0 aliphatic carbocycles. The number of hydrogen-bond donors (Lipinski definition) is 2. The SMILES string of the molecule is CC(=O)c1cc(C#CCS)ccc1O. The topological polar surface area (TPSA) is 37.3 Å². The van der Waals surface area contributed by atoms with Gasteiger partial charge >= 0.3 is 0 Å². The summed E-state index contributed by atoms with van der Waals surface area (Å²) >= 11 is 3.95. The van der Waals surface area contributed by atoms with Gasteiger partial charge in [-0.3, -0.25) is 4.79 Å². The third kappa shape index (κ3) is 2.54. The number of rotatable bonds is 1. The predicted molar refractivity (Wildman–Crippen MR) is 58.8 cm³/mol. The van der Waals surface area contributed by atoms with E-state index >= 15 is 0 Å². The first-order chi connectivity index (χ1) is 6.65. The summed E-state index contributed by atoms with van der Waals surface area (Å²) in [4.78, 5) is 11.1. The number of aromatic hydroxyl groups is 1. The molecule has 0 spiro atoms. The van der Waals surface area contributed by atoms with E-state index in [4.69, 9.17) is 0 Å². The summed E-state index contributed by atoms with van der Waals surface area (Å²) in [5, 5.41) is 9.35. The van der Waals surface area contributed by atoms with Gasteiger partial charge in [-0.25, -0.2) is 0 Å². The highest BCUT2D eigenvalue weighted by Gasteiger charge is 2.05. The zero-order valence-corrected chi connectivity index (χ0v) is 8.64. The van der Waals surface area contributed by atoms with E-state index in [-0.39, 0.29) is 11.5 Å². The number of phenolic OH excluding ortho intramolecular Hbond substituents is 1. The standard InChI is InChI=1S/C11H10O2S/c1-8(12)10-7-9(3-2-6-14)4-5-11(10)13/h4-5,7,13-14H,6H2,1H3. The van der Waals surface area contributed by atoms with Crippen LogP contribution in [0.3, 0.4) is 0 Å². The van der Waals surface area contributed by atoms with Crippen molar-refractivity contribution in [2.45, 2.75) is 6.92 Å². The molecule has 0 aliphatic rings. The van der Waals surface area contributed by atoms with E-state index < -0.39 is 0 Å². The third-order valence-corrected chi connectivity index (χ3v) is 1.85. The molecule has 0 unspecified atom stereocenters. The van der Waals surface area contributed by atoms with Gasteiger partial charge in [-0.05, 0) is 25.1 Å². The van der Waals surface area contributed by atoms with Gasteiger partial charge in [-0.2, -0.15) is 12.6 Å². The fraction of sp³-hybridized carbons (Fsp3) is 0.182. The van der Waals surface area contributed by atoms with Gasteiger partial charge in [0, 0.05) is 5.56 Å². The van der Waals surface area contributed by atoms with Crippen molar-refractivity contribution in [1.82, 2.24) is 0 Å². The van der Waals surface area contributed by atoms with Gasteiger partial charge < -0.3 is 5.11 Å². The lowest BCUT2D eigenvalue weighted by molar-refractivity contribution is 0.101. The maximum Gasteiger partial charge on any atom is 0.163 e. The zero-order valence-electron chi connectivity index (χ0n) is 7.74. The Morgan fingerprint density at radius 1 is 1.57 bits per heavy atom. The molecule has 1 rings (SSSR count). The second-order valence-corrected chi connectivity index (χ2v) is 3.06. The van der Waals surface area contributed by atoms with Crippen molar-refractivity contribution in [1.29, 1.82) is 0 Å². The summed E-state index contributed by atoms with van der Waals surface area (Å²) in [5.41, 5.74) is 1.01. The lowest BCUT2D eigenvalue weighted by Gasteiger charge is -2.00.